The van der Waals surface area contributed by atoms with Gasteiger partial charge in [0.2, 0.25) is 11.7 Å². The number of aromatic nitrogens is 3. The summed E-state index contributed by atoms with van der Waals surface area (Å²) in [4.78, 5) is 30.8. The summed E-state index contributed by atoms with van der Waals surface area (Å²) in [5, 5.41) is 20.0. The number of halogens is 3. The molecule has 3 heterocycles. The summed E-state index contributed by atoms with van der Waals surface area (Å²) in [7, 11) is 1.44. The maximum Gasteiger partial charge on any atom is 0.251 e. The van der Waals surface area contributed by atoms with Gasteiger partial charge in [-0.15, -0.1) is 0 Å². The van der Waals surface area contributed by atoms with E-state index < -0.39 is 34.4 Å². The topological polar surface area (TPSA) is 142 Å². The molecule has 4 aromatic rings. The number of alkyl halides is 1. The maximum atomic E-state index is 15.2. The van der Waals surface area contributed by atoms with Crippen molar-refractivity contribution in [2.24, 2.45) is 11.7 Å². The maximum absolute atomic E-state index is 15.2. The number of benzene rings is 2. The first-order valence-corrected chi connectivity index (χ1v) is 15.0. The number of hydrogen-bond donors (Lipinski definition) is 3. The number of aliphatic hydroxyl groups is 1. The molecular formula is C32H30ClF2N5O5. The van der Waals surface area contributed by atoms with E-state index in [1.165, 1.54) is 30.0 Å². The van der Waals surface area contributed by atoms with Crippen molar-refractivity contribution in [1.82, 2.24) is 20.1 Å². The number of ether oxygens (including phenoxy) is 2. The molecule has 2 atom stereocenters. The number of methoxy groups -OCH3 is 1. The van der Waals surface area contributed by atoms with Crippen LogP contribution in [0, 0.1) is 11.7 Å². The summed E-state index contributed by atoms with van der Waals surface area (Å²) >= 11 is 6.00. The number of carbonyl (C=O) groups is 2. The lowest BCUT2D eigenvalue weighted by Gasteiger charge is -2.30. The van der Waals surface area contributed by atoms with E-state index in [0.29, 0.717) is 47.9 Å². The molecule has 4 N–H and O–H groups in total. The molecule has 7 rings (SSSR count). The lowest BCUT2D eigenvalue weighted by Crippen LogP contribution is -2.44. The van der Waals surface area contributed by atoms with Crippen LogP contribution in [-0.4, -0.2) is 51.9 Å². The number of pyridine rings is 1. The third-order valence-electron chi connectivity index (χ3n) is 9.15. The van der Waals surface area contributed by atoms with Crippen LogP contribution in [-0.2, 0) is 21.6 Å². The van der Waals surface area contributed by atoms with Crippen molar-refractivity contribution < 1.29 is 33.0 Å². The van der Waals surface area contributed by atoms with Gasteiger partial charge >= 0.3 is 0 Å². The lowest BCUT2D eigenvalue weighted by atomic mass is 9.81. The van der Waals surface area contributed by atoms with Crippen LogP contribution in [0.2, 0.25) is 5.02 Å². The molecule has 0 bridgehead atoms. The molecule has 2 aliphatic carbocycles. The van der Waals surface area contributed by atoms with Crippen molar-refractivity contribution in [3.8, 4) is 22.8 Å². The number of carbonyl (C=O) groups excluding carboxylic acids is 2. The Hall–Kier alpha value is -4.29. The van der Waals surface area contributed by atoms with Gasteiger partial charge in [0.15, 0.2) is 0 Å². The molecule has 2 aromatic heterocycles. The van der Waals surface area contributed by atoms with Crippen LogP contribution in [0.1, 0.15) is 54.2 Å². The first kappa shape index (κ1) is 29.4. The molecular weight excluding hydrogens is 608 g/mol. The van der Waals surface area contributed by atoms with Crippen molar-refractivity contribution in [3.63, 3.8) is 0 Å². The number of primary amides is 1. The molecule has 0 saturated heterocycles. The summed E-state index contributed by atoms with van der Waals surface area (Å²) in [6.07, 6.45) is 3.59. The molecule has 2 fully saturated rings. The van der Waals surface area contributed by atoms with E-state index >= 15 is 4.39 Å². The molecule has 234 valence electrons. The van der Waals surface area contributed by atoms with E-state index in [9.17, 15) is 19.1 Å². The fourth-order valence-corrected chi connectivity index (χ4v) is 6.08. The van der Waals surface area contributed by atoms with Crippen LogP contribution in [0.15, 0.2) is 42.6 Å². The molecule has 0 unspecified atom stereocenters. The Labute approximate surface area is 261 Å². The summed E-state index contributed by atoms with van der Waals surface area (Å²) < 4.78 is 42.5. The van der Waals surface area contributed by atoms with E-state index in [2.05, 4.69) is 15.4 Å². The van der Waals surface area contributed by atoms with Gasteiger partial charge < -0.3 is 25.6 Å². The highest BCUT2D eigenvalue weighted by Gasteiger charge is 2.50. The summed E-state index contributed by atoms with van der Waals surface area (Å²) in [6, 6.07) is 8.74. The Balaban J connectivity index is 1.26. The zero-order valence-electron chi connectivity index (χ0n) is 24.5. The summed E-state index contributed by atoms with van der Waals surface area (Å²) in [5.74, 6) is -3.15. The Morgan fingerprint density at radius 1 is 1.27 bits per heavy atom. The number of fused-ring (bicyclic) bond motifs is 2. The Morgan fingerprint density at radius 3 is 2.67 bits per heavy atom. The lowest BCUT2D eigenvalue weighted by molar-refractivity contribution is -0.123. The smallest absolute Gasteiger partial charge is 0.251 e. The molecule has 2 aromatic carbocycles. The van der Waals surface area contributed by atoms with E-state index in [1.807, 2.05) is 0 Å². The Kier molecular flexibility index (Phi) is 6.61. The van der Waals surface area contributed by atoms with Gasteiger partial charge in [0.25, 0.3) is 5.91 Å². The molecule has 3 aliphatic rings. The van der Waals surface area contributed by atoms with Crippen LogP contribution < -0.4 is 20.5 Å². The number of hydrogen-bond acceptors (Lipinski definition) is 7. The van der Waals surface area contributed by atoms with E-state index in [-0.39, 0.29) is 52.4 Å². The van der Waals surface area contributed by atoms with Gasteiger partial charge in [-0.1, -0.05) is 11.6 Å². The SMILES string of the molecule is COc1cc(C(=O)NC[C@](O)(c2cc3c(c(-c4ccc(Cl)cc4F)n2)OC[C@]3(C)C(N)=O)C2CC2)cc2cn(C3(F)CC3)nc12. The van der Waals surface area contributed by atoms with E-state index in [0.717, 1.165) is 6.07 Å². The third-order valence-corrected chi connectivity index (χ3v) is 9.38. The predicted octanol–water partition coefficient (Wildman–Crippen LogP) is 4.48. The average Bonchev–Trinajstić information content (AvgIpc) is 3.93. The van der Waals surface area contributed by atoms with E-state index in [1.54, 1.807) is 25.3 Å². The minimum Gasteiger partial charge on any atom is -0.494 e. The number of nitrogens with one attached hydrogen (secondary N) is 1. The number of rotatable bonds is 9. The predicted molar refractivity (Wildman–Crippen MR) is 160 cm³/mol. The van der Waals surface area contributed by atoms with Crippen LogP contribution in [0.3, 0.4) is 0 Å². The highest BCUT2D eigenvalue weighted by Crippen LogP contribution is 2.50. The van der Waals surface area contributed by atoms with Gasteiger partial charge in [0, 0.05) is 46.1 Å². The zero-order chi connectivity index (χ0) is 31.9. The Morgan fingerprint density at radius 2 is 2.02 bits per heavy atom. The molecule has 1 aliphatic heterocycles. The second kappa shape index (κ2) is 10.1. The number of amides is 2. The van der Waals surface area contributed by atoms with Crippen molar-refractivity contribution in [2.75, 3.05) is 20.3 Å². The largest absolute Gasteiger partial charge is 0.494 e. The second-order valence-corrected chi connectivity index (χ2v) is 12.8. The third kappa shape index (κ3) is 4.78. The fraction of sp³-hybridized carbons (Fsp3) is 0.375. The number of nitrogens with two attached hydrogens (primary N) is 1. The van der Waals surface area contributed by atoms with Gasteiger partial charge in [-0.3, -0.25) is 9.59 Å². The Bertz CT molecular complexity index is 1910. The van der Waals surface area contributed by atoms with Crippen molar-refractivity contribution in [1.29, 1.82) is 0 Å². The zero-order valence-corrected chi connectivity index (χ0v) is 25.3. The minimum atomic E-state index is -1.69. The van der Waals surface area contributed by atoms with Crippen molar-refractivity contribution in [3.05, 3.63) is 70.3 Å². The van der Waals surface area contributed by atoms with E-state index in [4.69, 9.17) is 26.8 Å². The van der Waals surface area contributed by atoms with Gasteiger partial charge in [0.05, 0.1) is 19.3 Å². The normalized spacial score (nSPS) is 21.1. The molecule has 2 saturated carbocycles. The first-order chi connectivity index (χ1) is 21.4. The average molecular weight is 638 g/mol. The fourth-order valence-electron chi connectivity index (χ4n) is 5.92. The summed E-state index contributed by atoms with van der Waals surface area (Å²) in [5.41, 5.74) is 4.13. The summed E-state index contributed by atoms with van der Waals surface area (Å²) in [6.45, 7) is 1.28. The van der Waals surface area contributed by atoms with Gasteiger partial charge in [0.1, 0.15) is 46.1 Å². The van der Waals surface area contributed by atoms with Crippen LogP contribution >= 0.6 is 11.6 Å². The highest BCUT2D eigenvalue weighted by atomic mass is 35.5. The molecule has 45 heavy (non-hydrogen) atoms. The van der Waals surface area contributed by atoms with Crippen molar-refractivity contribution >= 4 is 34.3 Å². The molecule has 0 spiro atoms. The van der Waals surface area contributed by atoms with Gasteiger partial charge in [-0.05, 0) is 62.1 Å². The van der Waals surface area contributed by atoms with Crippen LogP contribution in [0.5, 0.6) is 11.5 Å². The molecule has 10 nitrogen and oxygen atoms in total. The second-order valence-electron chi connectivity index (χ2n) is 12.3. The standard InChI is InChI=1S/C32H30ClF2N5O5/c1-30(29(36)42)15-45-27-21(30)12-24(38-26(27)20-6-5-19(33)11-22(20)34)32(43,18-3-4-18)14-37-28(41)16-9-17-13-40(31(35)7-8-31)39-25(17)23(10-16)44-2/h5-6,9-13,18,43H,3-4,7-8,14-15H2,1-2H3,(H2,36,42)(H,37,41)/t30-,32+/m0/s1. The highest BCUT2D eigenvalue weighted by molar-refractivity contribution is 6.30. The first-order valence-electron chi connectivity index (χ1n) is 14.6. The van der Waals surface area contributed by atoms with Crippen LogP contribution in [0.25, 0.3) is 22.2 Å². The molecule has 2 amide bonds. The quantitative estimate of drug-likeness (QED) is 0.246. The minimum absolute atomic E-state index is 0.0654. The van der Waals surface area contributed by atoms with Gasteiger partial charge in [-0.2, -0.15) is 5.10 Å². The monoisotopic (exact) mass is 637 g/mol. The molecule has 13 heteroatoms. The number of nitrogens with zero attached hydrogens (tertiary/aromatic N) is 3. The molecule has 0 radical (unpaired) electrons. The van der Waals surface area contributed by atoms with Gasteiger partial charge in [-0.25, -0.2) is 18.4 Å². The van der Waals surface area contributed by atoms with Crippen LogP contribution in [0.4, 0.5) is 8.78 Å². The van der Waals surface area contributed by atoms with Crippen molar-refractivity contribution in [2.45, 2.75) is 49.4 Å².